The molecule has 0 spiro atoms. The number of benzene rings is 3. The van der Waals surface area contributed by atoms with Crippen molar-refractivity contribution in [1.29, 1.82) is 0 Å². The second kappa shape index (κ2) is 7.58. The fourth-order valence-electron chi connectivity index (χ4n) is 3.08. The van der Waals surface area contributed by atoms with Gasteiger partial charge < -0.3 is 0 Å². The average molecular weight is 420 g/mol. The zero-order valence-electron chi connectivity index (χ0n) is 13.6. The van der Waals surface area contributed by atoms with E-state index in [1.807, 2.05) is 0 Å². The summed E-state index contributed by atoms with van der Waals surface area (Å²) in [6.07, 6.45) is 0. The first-order chi connectivity index (χ1) is 11.2. The summed E-state index contributed by atoms with van der Waals surface area (Å²) >= 11 is -4.78. The van der Waals surface area contributed by atoms with E-state index >= 15 is 0 Å². The third-order valence-corrected chi connectivity index (χ3v) is 21.9. The third kappa shape index (κ3) is 3.50. The van der Waals surface area contributed by atoms with Gasteiger partial charge in [0.15, 0.2) is 0 Å². The molecule has 3 aromatic carbocycles. The molecular formula is C20H21GaGeO. The van der Waals surface area contributed by atoms with E-state index < -0.39 is 30.2 Å². The van der Waals surface area contributed by atoms with Crippen LogP contribution >= 0.6 is 0 Å². The quantitative estimate of drug-likeness (QED) is 0.578. The van der Waals surface area contributed by atoms with E-state index in [9.17, 15) is 0 Å². The van der Waals surface area contributed by atoms with E-state index in [1.54, 1.807) is 0 Å². The van der Waals surface area contributed by atoms with Crippen molar-refractivity contribution in [2.75, 3.05) is 0 Å². The van der Waals surface area contributed by atoms with E-state index in [2.05, 4.69) is 102 Å². The van der Waals surface area contributed by atoms with Gasteiger partial charge in [-0.25, -0.2) is 0 Å². The van der Waals surface area contributed by atoms with Crippen LogP contribution < -0.4 is 13.2 Å². The Hall–Kier alpha value is -1.20. The molecule has 0 N–H and O–H groups in total. The molecular weight excluding hydrogens is 399 g/mol. The van der Waals surface area contributed by atoms with Gasteiger partial charge >= 0.3 is 148 Å². The summed E-state index contributed by atoms with van der Waals surface area (Å²) in [4.78, 5) is 0. The molecule has 0 bridgehead atoms. The van der Waals surface area contributed by atoms with Crippen LogP contribution in [0.5, 0.6) is 0 Å². The Morgan fingerprint density at radius 1 is 0.565 bits per heavy atom. The molecule has 114 valence electrons. The number of hydrogen-bond donors (Lipinski definition) is 0. The Morgan fingerprint density at radius 2 is 0.870 bits per heavy atom. The van der Waals surface area contributed by atoms with Gasteiger partial charge in [-0.1, -0.05) is 0 Å². The second-order valence-electron chi connectivity index (χ2n) is 5.95. The average Bonchev–Trinajstić information content (AvgIpc) is 2.62. The first kappa shape index (κ1) is 16.6. The normalized spacial score (nSPS) is 11.2. The van der Waals surface area contributed by atoms with Crippen molar-refractivity contribution in [3.63, 3.8) is 0 Å². The van der Waals surface area contributed by atoms with Crippen molar-refractivity contribution in [3.05, 3.63) is 91.0 Å². The van der Waals surface area contributed by atoms with E-state index in [-0.39, 0.29) is 0 Å². The van der Waals surface area contributed by atoms with Crippen LogP contribution in [0.25, 0.3) is 0 Å². The summed E-state index contributed by atoms with van der Waals surface area (Å²) in [5, 5.41) is 0. The zero-order valence-corrected chi connectivity index (χ0v) is 18.2. The van der Waals surface area contributed by atoms with Crippen LogP contribution in [0.2, 0.25) is 11.0 Å². The molecule has 0 saturated carbocycles. The predicted molar refractivity (Wildman–Crippen MR) is 103 cm³/mol. The topological polar surface area (TPSA) is 9.23 Å². The van der Waals surface area contributed by atoms with E-state index in [0.29, 0.717) is 0 Å². The van der Waals surface area contributed by atoms with Crippen molar-refractivity contribution < 1.29 is 2.56 Å². The first-order valence-electron chi connectivity index (χ1n) is 8.08. The van der Waals surface area contributed by atoms with Crippen LogP contribution in [0.15, 0.2) is 91.0 Å². The molecule has 3 heteroatoms. The van der Waals surface area contributed by atoms with Gasteiger partial charge in [0.2, 0.25) is 0 Å². The van der Waals surface area contributed by atoms with Crippen molar-refractivity contribution in [2.24, 2.45) is 0 Å². The van der Waals surface area contributed by atoms with Crippen molar-refractivity contribution in [2.45, 2.75) is 11.0 Å². The van der Waals surface area contributed by atoms with E-state index in [0.717, 1.165) is 0 Å². The molecule has 0 amide bonds. The maximum absolute atomic E-state index is 6.97. The SMILES string of the molecule is [CH3][Ga]([CH3])[O][Ge]([c]1ccccc1)([c]1ccccc1)[c]1ccccc1. The van der Waals surface area contributed by atoms with Gasteiger partial charge in [0.1, 0.15) is 0 Å². The van der Waals surface area contributed by atoms with Crippen molar-refractivity contribution in [3.8, 4) is 0 Å². The molecule has 0 radical (unpaired) electrons. The van der Waals surface area contributed by atoms with Gasteiger partial charge in [0.05, 0.1) is 0 Å². The molecule has 0 saturated heterocycles. The van der Waals surface area contributed by atoms with E-state index in [1.165, 1.54) is 13.2 Å². The summed E-state index contributed by atoms with van der Waals surface area (Å²) in [6, 6.07) is 32.6. The Labute approximate surface area is 147 Å². The fraction of sp³-hybridized carbons (Fsp3) is 0.100. The summed E-state index contributed by atoms with van der Waals surface area (Å²) in [5.74, 6) is 0. The molecule has 0 aliphatic heterocycles. The van der Waals surface area contributed by atoms with Crippen LogP contribution in [-0.4, -0.2) is 30.2 Å². The standard InChI is InChI=1S/C18H15GeO.2CH3.Ga/c20-19(16-10-4-1-5-11-16,17-12-6-2-7-13-17)18-14-8-3-9-15-18;;;/h1-15H;2*1H3;/q-1;;;+1. The summed E-state index contributed by atoms with van der Waals surface area (Å²) < 4.78 is 11.1. The molecule has 0 fully saturated rings. The van der Waals surface area contributed by atoms with Crippen LogP contribution in [0.1, 0.15) is 0 Å². The third-order valence-electron chi connectivity index (χ3n) is 3.95. The first-order valence-corrected chi connectivity index (χ1v) is 17.9. The Morgan fingerprint density at radius 3 is 1.13 bits per heavy atom. The van der Waals surface area contributed by atoms with Gasteiger partial charge in [-0.3, -0.25) is 0 Å². The second-order valence-corrected chi connectivity index (χ2v) is 19.9. The summed E-state index contributed by atoms with van der Waals surface area (Å²) in [7, 11) is 0. The molecule has 3 rings (SSSR count). The van der Waals surface area contributed by atoms with Crippen molar-refractivity contribution >= 4 is 43.4 Å². The minimum absolute atomic E-state index is 1.38. The van der Waals surface area contributed by atoms with Crippen LogP contribution in [0.4, 0.5) is 0 Å². The molecule has 23 heavy (non-hydrogen) atoms. The predicted octanol–water partition coefficient (Wildman–Crippen LogP) is 2.92. The summed E-state index contributed by atoms with van der Waals surface area (Å²) in [5.41, 5.74) is 4.64. The Kier molecular flexibility index (Phi) is 5.49. The Bertz CT molecular complexity index is 633. The molecule has 3 aromatic rings. The molecule has 0 aliphatic rings. The number of hydrogen-bond acceptors (Lipinski definition) is 1. The number of rotatable bonds is 5. The minimum atomic E-state index is -3.06. The molecule has 1 nitrogen and oxygen atoms in total. The van der Waals surface area contributed by atoms with Gasteiger partial charge in [-0.05, 0) is 0 Å². The van der Waals surface area contributed by atoms with Crippen molar-refractivity contribution in [1.82, 2.24) is 0 Å². The molecule has 0 aromatic heterocycles. The van der Waals surface area contributed by atoms with E-state index in [4.69, 9.17) is 2.56 Å². The zero-order chi connectivity index (χ0) is 16.1. The molecule has 0 atom stereocenters. The van der Waals surface area contributed by atoms with Gasteiger partial charge in [-0.15, -0.1) is 0 Å². The summed E-state index contributed by atoms with van der Waals surface area (Å²) in [6.45, 7) is 0. The molecule has 0 aliphatic carbocycles. The van der Waals surface area contributed by atoms with Gasteiger partial charge in [-0.2, -0.15) is 0 Å². The monoisotopic (exact) mass is 420 g/mol. The van der Waals surface area contributed by atoms with Crippen LogP contribution in [0.3, 0.4) is 0 Å². The van der Waals surface area contributed by atoms with Crippen LogP contribution in [-0.2, 0) is 2.56 Å². The van der Waals surface area contributed by atoms with Crippen LogP contribution in [0, 0.1) is 0 Å². The fourth-order valence-corrected chi connectivity index (χ4v) is 23.8. The Balaban J connectivity index is 2.30. The van der Waals surface area contributed by atoms with Gasteiger partial charge in [0, 0.05) is 0 Å². The molecule has 0 unspecified atom stereocenters. The maximum atomic E-state index is 6.97. The van der Waals surface area contributed by atoms with Gasteiger partial charge in [0.25, 0.3) is 0 Å². The molecule has 0 heterocycles.